The summed E-state index contributed by atoms with van der Waals surface area (Å²) < 4.78 is 24.7. The zero-order valence-corrected chi connectivity index (χ0v) is 45.4. The number of unbranched alkanes of at least 4 members (excludes halogenated alkanes) is 2. The largest absolute Gasteiger partial charge is 0.497 e. The summed E-state index contributed by atoms with van der Waals surface area (Å²) in [6.07, 6.45) is 16.7. The van der Waals surface area contributed by atoms with Crippen molar-refractivity contribution in [1.82, 2.24) is 10.2 Å². The van der Waals surface area contributed by atoms with Crippen molar-refractivity contribution >= 4 is 23.9 Å². The van der Waals surface area contributed by atoms with Crippen molar-refractivity contribution in [2.45, 2.75) is 162 Å². The Hall–Kier alpha value is -5.16. The Kier molecular flexibility index (Phi) is 18.4. The van der Waals surface area contributed by atoms with Gasteiger partial charge in [-0.15, -0.1) is 0 Å². The van der Waals surface area contributed by atoms with Gasteiger partial charge in [-0.1, -0.05) is 145 Å². The molecule has 5 aliphatic rings. The number of hydrogen-bond donors (Lipinski definition) is 2. The molecule has 402 valence electrons. The summed E-state index contributed by atoms with van der Waals surface area (Å²) in [7, 11) is 1.63. The quantitative estimate of drug-likeness (QED) is 0.0411. The Bertz CT molecular complexity index is 2330. The number of ether oxygens (including phenoxy) is 4. The number of carboxylic acid groups (broad SMARTS) is 1. The topological polar surface area (TPSA) is 141 Å². The standard InChI is InChI=1S/C63H86N2O9/c1-43(2)17-16-18-44(3)53-30-31-54-52-29-26-49-39-51(34-36-61(49,4)55(52)35-37-62(53,54)5)73-60(70)64-38-15-9-14-23-57(66)65-40-45(56(41-65)74-59(69)33-32-58(67)68)42-72-63(46-19-10-7-11-20-46,47-21-12-8-13-22-47)48-24-27-50(71-6)28-25-48/h7-8,10-13,19-22,24-28,43-45,51-56H,9,14-18,23,29-42H2,1-6H3,(H,64,70)(H,67,68)/t44?,45?,51?,52?,53-,54?,55?,56?,61+,62-/m1/s1. The number of fused-ring (bicyclic) bond motifs is 5. The van der Waals surface area contributed by atoms with E-state index in [9.17, 15) is 24.3 Å². The first-order chi connectivity index (χ1) is 35.6. The molecule has 0 spiro atoms. The minimum Gasteiger partial charge on any atom is -0.497 e. The van der Waals surface area contributed by atoms with Gasteiger partial charge in [-0.05, 0) is 133 Å². The fraction of sp³-hybridized carbons (Fsp3) is 0.619. The molecule has 11 nitrogen and oxygen atoms in total. The molecule has 0 bridgehead atoms. The van der Waals surface area contributed by atoms with Crippen LogP contribution in [0.1, 0.15) is 160 Å². The maximum absolute atomic E-state index is 13.8. The molecule has 11 heteroatoms. The summed E-state index contributed by atoms with van der Waals surface area (Å²) in [6.45, 7) is 13.5. The van der Waals surface area contributed by atoms with Crippen molar-refractivity contribution in [1.29, 1.82) is 0 Å². The summed E-state index contributed by atoms with van der Waals surface area (Å²) in [5.74, 6) is 3.34. The van der Waals surface area contributed by atoms with Crippen LogP contribution in [0.3, 0.4) is 0 Å². The molecule has 2 amide bonds. The molecule has 4 aliphatic carbocycles. The third-order valence-electron chi connectivity index (χ3n) is 18.8. The summed E-state index contributed by atoms with van der Waals surface area (Å²) in [5.41, 5.74) is 3.80. The normalized spacial score (nSPS) is 27.8. The third-order valence-corrected chi connectivity index (χ3v) is 18.8. The van der Waals surface area contributed by atoms with Crippen LogP contribution in [0.5, 0.6) is 5.75 Å². The van der Waals surface area contributed by atoms with Crippen LogP contribution >= 0.6 is 0 Å². The van der Waals surface area contributed by atoms with Crippen LogP contribution in [0.15, 0.2) is 96.6 Å². The van der Waals surface area contributed by atoms with E-state index in [2.05, 4.69) is 46.0 Å². The molecule has 10 atom stereocenters. The third kappa shape index (κ3) is 12.4. The van der Waals surface area contributed by atoms with Gasteiger partial charge in [-0.3, -0.25) is 14.4 Å². The van der Waals surface area contributed by atoms with E-state index in [0.717, 1.165) is 77.9 Å². The number of amides is 2. The predicted octanol–water partition coefficient (Wildman–Crippen LogP) is 12.9. The number of methoxy groups -OCH3 is 1. The van der Waals surface area contributed by atoms with Crippen LogP contribution in [-0.2, 0) is 34.2 Å². The number of carbonyl (C=O) groups is 4. The second-order valence-corrected chi connectivity index (χ2v) is 23.7. The summed E-state index contributed by atoms with van der Waals surface area (Å²) in [5, 5.41) is 12.3. The number of esters is 1. The lowest BCUT2D eigenvalue weighted by Gasteiger charge is -2.58. The van der Waals surface area contributed by atoms with Gasteiger partial charge >= 0.3 is 18.0 Å². The molecule has 3 aromatic carbocycles. The van der Waals surface area contributed by atoms with E-state index in [-0.39, 0.29) is 55.4 Å². The molecule has 7 unspecified atom stereocenters. The number of carboxylic acids is 1. The second kappa shape index (κ2) is 24.7. The molecule has 2 N–H and O–H groups in total. The predicted molar refractivity (Wildman–Crippen MR) is 288 cm³/mol. The molecule has 74 heavy (non-hydrogen) atoms. The number of benzene rings is 3. The number of aliphatic carboxylic acids is 1. The SMILES string of the molecule is COc1ccc(C(OCC2CN(C(=O)CCCCCNC(=O)OC3CC[C@@]4(C)C(=CCC5C4CC[C@@]4(C)C5CC[C@@H]4C(C)CCCC(C)C)C3)CC2OC(=O)CCC(=O)O)(c2ccccc2)c2ccccc2)cc1. The Balaban J connectivity index is 0.815. The number of alkyl carbamates (subject to hydrolysis) is 1. The minimum absolute atomic E-state index is 0.0524. The van der Waals surface area contributed by atoms with Gasteiger partial charge in [0.15, 0.2) is 0 Å². The van der Waals surface area contributed by atoms with Crippen molar-refractivity contribution in [3.05, 3.63) is 113 Å². The number of carbonyl (C=O) groups excluding carboxylic acids is 3. The van der Waals surface area contributed by atoms with Crippen LogP contribution in [0.2, 0.25) is 0 Å². The van der Waals surface area contributed by atoms with Gasteiger partial charge in [-0.25, -0.2) is 4.79 Å². The van der Waals surface area contributed by atoms with Gasteiger partial charge in [0.2, 0.25) is 5.91 Å². The Morgan fingerprint density at radius 1 is 0.757 bits per heavy atom. The zero-order valence-electron chi connectivity index (χ0n) is 45.4. The molecule has 1 aliphatic heterocycles. The monoisotopic (exact) mass is 1010 g/mol. The Morgan fingerprint density at radius 2 is 1.46 bits per heavy atom. The Morgan fingerprint density at radius 3 is 2.14 bits per heavy atom. The van der Waals surface area contributed by atoms with Crippen molar-refractivity contribution in [2.24, 2.45) is 52.3 Å². The van der Waals surface area contributed by atoms with Gasteiger partial charge in [0, 0.05) is 31.8 Å². The number of nitrogens with zero attached hydrogens (tertiary/aromatic N) is 1. The first kappa shape index (κ1) is 55.1. The summed E-state index contributed by atoms with van der Waals surface area (Å²) in [4.78, 5) is 53.1. The fourth-order valence-corrected chi connectivity index (χ4v) is 14.8. The van der Waals surface area contributed by atoms with Crippen molar-refractivity contribution in [3.8, 4) is 5.75 Å². The van der Waals surface area contributed by atoms with Crippen LogP contribution in [0, 0.1) is 52.3 Å². The molecule has 4 fully saturated rings. The highest BCUT2D eigenvalue weighted by molar-refractivity contribution is 5.78. The lowest BCUT2D eigenvalue weighted by molar-refractivity contribution is -0.154. The average molecular weight is 1020 g/mol. The molecule has 0 radical (unpaired) electrons. The average Bonchev–Trinajstić information content (AvgIpc) is 3.98. The fourth-order valence-electron chi connectivity index (χ4n) is 14.8. The minimum atomic E-state index is -1.08. The molecule has 3 saturated carbocycles. The number of likely N-dealkylation sites (tertiary alicyclic amines) is 1. The van der Waals surface area contributed by atoms with E-state index in [1.54, 1.807) is 12.0 Å². The maximum atomic E-state index is 13.8. The highest BCUT2D eigenvalue weighted by Gasteiger charge is 2.59. The van der Waals surface area contributed by atoms with Crippen molar-refractivity contribution < 1.29 is 43.2 Å². The van der Waals surface area contributed by atoms with Gasteiger partial charge < -0.3 is 34.3 Å². The summed E-state index contributed by atoms with van der Waals surface area (Å²) >= 11 is 0. The van der Waals surface area contributed by atoms with E-state index in [1.165, 1.54) is 56.9 Å². The van der Waals surface area contributed by atoms with Crippen LogP contribution in [0.4, 0.5) is 4.79 Å². The van der Waals surface area contributed by atoms with E-state index in [4.69, 9.17) is 18.9 Å². The molecular formula is C63H86N2O9. The van der Waals surface area contributed by atoms with Crippen molar-refractivity contribution in [3.63, 3.8) is 0 Å². The molecule has 1 heterocycles. The smallest absolute Gasteiger partial charge is 0.407 e. The Labute approximate surface area is 441 Å². The van der Waals surface area contributed by atoms with Crippen LogP contribution in [-0.4, -0.2) is 79.5 Å². The number of allylic oxidation sites excluding steroid dienone is 1. The molecule has 3 aromatic rings. The summed E-state index contributed by atoms with van der Waals surface area (Å²) in [6, 6.07) is 27.7. The van der Waals surface area contributed by atoms with Crippen LogP contribution in [0.25, 0.3) is 0 Å². The molecule has 0 aromatic heterocycles. The van der Waals surface area contributed by atoms with Gasteiger partial charge in [0.1, 0.15) is 23.6 Å². The number of rotatable bonds is 23. The maximum Gasteiger partial charge on any atom is 0.407 e. The highest BCUT2D eigenvalue weighted by atomic mass is 16.6. The first-order valence-electron chi connectivity index (χ1n) is 28.4. The van der Waals surface area contributed by atoms with E-state index in [1.807, 2.05) is 84.9 Å². The van der Waals surface area contributed by atoms with E-state index in [0.29, 0.717) is 43.5 Å². The molecule has 8 rings (SSSR count). The first-order valence-corrected chi connectivity index (χ1v) is 28.4. The highest BCUT2D eigenvalue weighted by Crippen LogP contribution is 2.67. The molecular weight excluding hydrogens is 929 g/mol. The van der Waals surface area contributed by atoms with E-state index < -0.39 is 23.6 Å². The second-order valence-electron chi connectivity index (χ2n) is 23.7. The molecule has 1 saturated heterocycles. The van der Waals surface area contributed by atoms with Crippen LogP contribution < -0.4 is 10.1 Å². The lowest BCUT2D eigenvalue weighted by atomic mass is 9.47. The van der Waals surface area contributed by atoms with Gasteiger partial charge in [-0.2, -0.15) is 0 Å². The van der Waals surface area contributed by atoms with E-state index >= 15 is 0 Å². The number of nitrogens with one attached hydrogen (secondary N) is 1. The van der Waals surface area contributed by atoms with Gasteiger partial charge in [0.25, 0.3) is 0 Å². The van der Waals surface area contributed by atoms with Gasteiger partial charge in [0.05, 0.1) is 33.1 Å². The zero-order chi connectivity index (χ0) is 52.5. The lowest BCUT2D eigenvalue weighted by Crippen LogP contribution is -2.51. The van der Waals surface area contributed by atoms with Crippen molar-refractivity contribution in [2.75, 3.05) is 33.4 Å². The number of hydrogen-bond acceptors (Lipinski definition) is 8.